The molecule has 1 aromatic heterocycles. The molecular weight excluding hydrogens is 351 g/mol. The number of methoxy groups -OCH3 is 1. The van der Waals surface area contributed by atoms with Crippen molar-refractivity contribution in [2.45, 2.75) is 0 Å². The van der Waals surface area contributed by atoms with Crippen LogP contribution >= 0.6 is 0 Å². The van der Waals surface area contributed by atoms with Crippen LogP contribution < -0.4 is 14.8 Å². The van der Waals surface area contributed by atoms with Crippen LogP contribution in [0.25, 0.3) is 10.9 Å². The zero-order valence-electron chi connectivity index (χ0n) is 15.2. The summed E-state index contributed by atoms with van der Waals surface area (Å²) < 4.78 is 24.9. The van der Waals surface area contributed by atoms with Crippen molar-refractivity contribution in [3.63, 3.8) is 0 Å². The third-order valence-electron chi connectivity index (χ3n) is 3.90. The summed E-state index contributed by atoms with van der Waals surface area (Å²) in [7, 11) is 4.79. The Morgan fingerprint density at radius 3 is 2.67 bits per heavy atom. The topological polar surface area (TPSA) is 76.6 Å². The molecule has 1 amide bonds. The number of hydrogen-bond donors (Lipinski definition) is 1. The molecule has 3 aromatic rings. The van der Waals surface area contributed by atoms with Crippen molar-refractivity contribution in [2.75, 3.05) is 33.1 Å². The van der Waals surface area contributed by atoms with Crippen molar-refractivity contribution in [2.24, 2.45) is 0 Å². The number of halogens is 1. The van der Waals surface area contributed by atoms with Crippen LogP contribution in [-0.4, -0.2) is 48.6 Å². The fourth-order valence-corrected chi connectivity index (χ4v) is 2.39. The number of rotatable bonds is 6. The number of ether oxygens (including phenoxy) is 2. The van der Waals surface area contributed by atoms with Crippen LogP contribution in [0.4, 0.5) is 15.9 Å². The largest absolute Gasteiger partial charge is 0.493 e. The molecule has 0 bridgehead atoms. The third-order valence-corrected chi connectivity index (χ3v) is 3.90. The van der Waals surface area contributed by atoms with Crippen LogP contribution in [-0.2, 0) is 4.79 Å². The van der Waals surface area contributed by atoms with Crippen molar-refractivity contribution in [1.29, 1.82) is 0 Å². The van der Waals surface area contributed by atoms with Crippen molar-refractivity contribution in [1.82, 2.24) is 14.9 Å². The fraction of sp³-hybridized carbons (Fsp3) is 0.211. The fourth-order valence-electron chi connectivity index (χ4n) is 2.39. The Morgan fingerprint density at radius 2 is 1.96 bits per heavy atom. The van der Waals surface area contributed by atoms with Gasteiger partial charge in [-0.2, -0.15) is 0 Å². The molecule has 0 aliphatic heterocycles. The van der Waals surface area contributed by atoms with Gasteiger partial charge in [0.1, 0.15) is 18.0 Å². The molecule has 27 heavy (non-hydrogen) atoms. The van der Waals surface area contributed by atoms with Gasteiger partial charge in [0, 0.05) is 25.5 Å². The molecule has 8 heteroatoms. The van der Waals surface area contributed by atoms with E-state index in [4.69, 9.17) is 9.47 Å². The van der Waals surface area contributed by atoms with Crippen LogP contribution in [0.1, 0.15) is 0 Å². The summed E-state index contributed by atoms with van der Waals surface area (Å²) in [5.41, 5.74) is 0.880. The van der Waals surface area contributed by atoms with E-state index in [1.165, 1.54) is 24.4 Å². The van der Waals surface area contributed by atoms with Gasteiger partial charge in [0.05, 0.1) is 18.3 Å². The van der Waals surface area contributed by atoms with E-state index in [0.717, 1.165) is 0 Å². The first-order chi connectivity index (χ1) is 13.0. The van der Waals surface area contributed by atoms with E-state index in [9.17, 15) is 9.18 Å². The van der Waals surface area contributed by atoms with Gasteiger partial charge >= 0.3 is 0 Å². The lowest BCUT2D eigenvalue weighted by Crippen LogP contribution is -2.27. The van der Waals surface area contributed by atoms with Gasteiger partial charge in [-0.1, -0.05) is 12.1 Å². The number of hydrogen-bond acceptors (Lipinski definition) is 6. The van der Waals surface area contributed by atoms with Gasteiger partial charge in [0.25, 0.3) is 5.91 Å². The standard InChI is InChI=1S/C19H19FN4O3/c1-24(2)18(25)10-27-17-8-12-15(9-16(17)26-3)21-11-22-19(12)23-14-7-5-4-6-13(14)20/h4-9,11H,10H2,1-3H3,(H,21,22,23). The minimum atomic E-state index is -0.397. The number of fused-ring (bicyclic) bond motifs is 1. The van der Waals surface area contributed by atoms with Crippen LogP contribution in [0.15, 0.2) is 42.7 Å². The van der Waals surface area contributed by atoms with E-state index in [2.05, 4.69) is 15.3 Å². The Labute approximate surface area is 155 Å². The van der Waals surface area contributed by atoms with Crippen LogP contribution in [0.5, 0.6) is 11.5 Å². The van der Waals surface area contributed by atoms with Gasteiger partial charge in [-0.05, 0) is 18.2 Å². The molecule has 0 fully saturated rings. The summed E-state index contributed by atoms with van der Waals surface area (Å²) in [5, 5.41) is 3.57. The van der Waals surface area contributed by atoms with Gasteiger partial charge in [-0.15, -0.1) is 0 Å². The number of nitrogens with zero attached hydrogens (tertiary/aromatic N) is 3. The second kappa shape index (κ2) is 7.86. The lowest BCUT2D eigenvalue weighted by molar-refractivity contribution is -0.130. The van der Waals surface area contributed by atoms with E-state index in [0.29, 0.717) is 33.9 Å². The first-order valence-corrected chi connectivity index (χ1v) is 8.17. The van der Waals surface area contributed by atoms with Crippen molar-refractivity contribution in [3.8, 4) is 11.5 Å². The molecule has 0 spiro atoms. The molecule has 0 atom stereocenters. The summed E-state index contributed by atoms with van der Waals surface area (Å²) in [6, 6.07) is 9.64. The summed E-state index contributed by atoms with van der Waals surface area (Å²) in [4.78, 5) is 21.7. The molecule has 0 radical (unpaired) electrons. The monoisotopic (exact) mass is 370 g/mol. The van der Waals surface area contributed by atoms with E-state index >= 15 is 0 Å². The average molecular weight is 370 g/mol. The van der Waals surface area contributed by atoms with Crippen LogP contribution in [0.3, 0.4) is 0 Å². The lowest BCUT2D eigenvalue weighted by Gasteiger charge is -2.15. The molecule has 1 heterocycles. The van der Waals surface area contributed by atoms with Gasteiger partial charge < -0.3 is 19.7 Å². The highest BCUT2D eigenvalue weighted by molar-refractivity contribution is 5.93. The summed E-state index contributed by atoms with van der Waals surface area (Å²) in [5.74, 6) is 0.629. The number of benzene rings is 2. The molecular formula is C19H19FN4O3. The zero-order valence-corrected chi connectivity index (χ0v) is 15.2. The highest BCUT2D eigenvalue weighted by Crippen LogP contribution is 2.35. The number of likely N-dealkylation sites (N-methyl/N-ethyl adjacent to an activating group) is 1. The quantitative estimate of drug-likeness (QED) is 0.719. The Morgan fingerprint density at radius 1 is 1.19 bits per heavy atom. The number of aromatic nitrogens is 2. The van der Waals surface area contributed by atoms with E-state index < -0.39 is 5.82 Å². The SMILES string of the molecule is COc1cc2ncnc(Nc3ccccc3F)c2cc1OCC(=O)N(C)C. The average Bonchev–Trinajstić information content (AvgIpc) is 2.67. The molecule has 0 aliphatic carbocycles. The molecule has 0 aliphatic rings. The van der Waals surface area contributed by atoms with E-state index in [1.807, 2.05) is 0 Å². The molecule has 0 saturated heterocycles. The predicted octanol–water partition coefficient (Wildman–Crippen LogP) is 2.99. The van der Waals surface area contributed by atoms with Gasteiger partial charge in [-0.3, -0.25) is 4.79 Å². The maximum absolute atomic E-state index is 14.0. The molecule has 7 nitrogen and oxygen atoms in total. The molecule has 140 valence electrons. The second-order valence-electron chi connectivity index (χ2n) is 5.92. The zero-order chi connectivity index (χ0) is 19.4. The first-order valence-electron chi connectivity index (χ1n) is 8.17. The lowest BCUT2D eigenvalue weighted by atomic mass is 10.2. The van der Waals surface area contributed by atoms with Gasteiger partial charge in [0.15, 0.2) is 18.1 Å². The third kappa shape index (κ3) is 4.05. The highest BCUT2D eigenvalue weighted by atomic mass is 19.1. The number of nitrogens with one attached hydrogen (secondary N) is 1. The molecule has 0 unspecified atom stereocenters. The van der Waals surface area contributed by atoms with Crippen molar-refractivity contribution >= 4 is 28.3 Å². The van der Waals surface area contributed by atoms with E-state index in [1.54, 1.807) is 44.4 Å². The summed E-state index contributed by atoms with van der Waals surface area (Å²) >= 11 is 0. The van der Waals surface area contributed by atoms with Crippen LogP contribution in [0, 0.1) is 5.82 Å². The Bertz CT molecular complexity index is 978. The number of amides is 1. The molecule has 1 N–H and O–H groups in total. The maximum atomic E-state index is 14.0. The van der Waals surface area contributed by atoms with Crippen molar-refractivity contribution < 1.29 is 18.7 Å². The van der Waals surface area contributed by atoms with Crippen LogP contribution in [0.2, 0.25) is 0 Å². The smallest absolute Gasteiger partial charge is 0.259 e. The normalized spacial score (nSPS) is 10.5. The van der Waals surface area contributed by atoms with E-state index in [-0.39, 0.29) is 12.5 Å². The summed E-state index contributed by atoms with van der Waals surface area (Å²) in [6.07, 6.45) is 1.38. The number of para-hydroxylation sites is 1. The maximum Gasteiger partial charge on any atom is 0.259 e. The van der Waals surface area contributed by atoms with Gasteiger partial charge in [-0.25, -0.2) is 14.4 Å². The highest BCUT2D eigenvalue weighted by Gasteiger charge is 2.14. The minimum absolute atomic E-state index is 0.140. The molecule has 0 saturated carbocycles. The molecule has 3 rings (SSSR count). The summed E-state index contributed by atoms with van der Waals surface area (Å²) in [6.45, 7) is -0.140. The van der Waals surface area contributed by atoms with Crippen molar-refractivity contribution in [3.05, 3.63) is 48.5 Å². The minimum Gasteiger partial charge on any atom is -0.493 e. The number of carbonyl (C=O) groups is 1. The molecule has 2 aromatic carbocycles. The number of anilines is 2. The first kappa shape index (κ1) is 18.4. The number of carbonyl (C=O) groups excluding carboxylic acids is 1. The Kier molecular flexibility index (Phi) is 5.35. The van der Waals surface area contributed by atoms with Gasteiger partial charge in [0.2, 0.25) is 0 Å². The Balaban J connectivity index is 1.99. The second-order valence-corrected chi connectivity index (χ2v) is 5.92. The Hall–Kier alpha value is -3.42. The predicted molar refractivity (Wildman–Crippen MR) is 100.0 cm³/mol.